The highest BCUT2D eigenvalue weighted by atomic mass is 35.5. The number of anilines is 1. The van der Waals surface area contributed by atoms with Gasteiger partial charge in [0.05, 0.1) is 21.2 Å². The molecule has 30 heavy (non-hydrogen) atoms. The Morgan fingerprint density at radius 3 is 2.30 bits per heavy atom. The van der Waals surface area contributed by atoms with Gasteiger partial charge in [-0.3, -0.25) is 4.72 Å². The second-order valence-electron chi connectivity index (χ2n) is 7.98. The molecule has 0 fully saturated rings. The van der Waals surface area contributed by atoms with Crippen LogP contribution in [0.5, 0.6) is 0 Å². The van der Waals surface area contributed by atoms with Gasteiger partial charge in [0.25, 0.3) is 10.0 Å². The maximum Gasteiger partial charge on any atom is 0.261 e. The van der Waals surface area contributed by atoms with Crippen molar-refractivity contribution in [1.82, 2.24) is 14.8 Å². The average Bonchev–Trinajstić information content (AvgIpc) is 3.04. The number of hydrogen-bond acceptors (Lipinski definition) is 4. The third kappa shape index (κ3) is 4.20. The number of hydrogen-bond donors (Lipinski definition) is 1. The van der Waals surface area contributed by atoms with Crippen LogP contribution < -0.4 is 4.72 Å². The molecule has 6 nitrogen and oxygen atoms in total. The first-order valence-corrected chi connectivity index (χ1v) is 11.3. The SMILES string of the molecule is CCn1c(C)nnc1-c1c(NS(=O)(=O)c2ccc(C(C)(C)C)cc2)ccc(Cl)c1F. The molecule has 1 heterocycles. The van der Waals surface area contributed by atoms with Crippen LogP contribution in [0.4, 0.5) is 10.1 Å². The van der Waals surface area contributed by atoms with Crippen molar-refractivity contribution in [1.29, 1.82) is 0 Å². The predicted octanol–water partition coefficient (Wildman–Crippen LogP) is 5.16. The summed E-state index contributed by atoms with van der Waals surface area (Å²) in [6.45, 7) is 10.2. The maximum atomic E-state index is 15.0. The Morgan fingerprint density at radius 1 is 1.10 bits per heavy atom. The first kappa shape index (κ1) is 22.2. The Kier molecular flexibility index (Phi) is 5.93. The molecule has 0 spiro atoms. The quantitative estimate of drug-likeness (QED) is 0.582. The molecule has 0 radical (unpaired) electrons. The highest BCUT2D eigenvalue weighted by Crippen LogP contribution is 2.35. The number of sulfonamides is 1. The fourth-order valence-electron chi connectivity index (χ4n) is 3.14. The minimum Gasteiger partial charge on any atom is -0.311 e. The molecule has 0 unspecified atom stereocenters. The summed E-state index contributed by atoms with van der Waals surface area (Å²) in [5.41, 5.74) is 0.898. The zero-order chi connectivity index (χ0) is 22.3. The van der Waals surface area contributed by atoms with Gasteiger partial charge in [0, 0.05) is 6.54 Å². The molecule has 0 aliphatic rings. The fraction of sp³-hybridized carbons (Fsp3) is 0.333. The van der Waals surface area contributed by atoms with Crippen molar-refractivity contribution in [3.8, 4) is 11.4 Å². The van der Waals surface area contributed by atoms with Crippen LogP contribution in [0.15, 0.2) is 41.3 Å². The molecule has 0 aliphatic heterocycles. The van der Waals surface area contributed by atoms with E-state index in [-0.39, 0.29) is 32.4 Å². The van der Waals surface area contributed by atoms with Crippen LogP contribution in [0, 0.1) is 12.7 Å². The van der Waals surface area contributed by atoms with E-state index in [0.717, 1.165) is 5.56 Å². The van der Waals surface area contributed by atoms with E-state index in [1.54, 1.807) is 23.6 Å². The Morgan fingerprint density at radius 2 is 1.73 bits per heavy atom. The van der Waals surface area contributed by atoms with E-state index < -0.39 is 15.8 Å². The van der Waals surface area contributed by atoms with Crippen LogP contribution in [-0.4, -0.2) is 23.2 Å². The average molecular weight is 451 g/mol. The van der Waals surface area contributed by atoms with Gasteiger partial charge in [-0.2, -0.15) is 0 Å². The minimum absolute atomic E-state index is 0.0406. The number of nitrogens with one attached hydrogen (secondary N) is 1. The van der Waals surface area contributed by atoms with Gasteiger partial charge in [-0.1, -0.05) is 44.5 Å². The second-order valence-corrected chi connectivity index (χ2v) is 10.1. The van der Waals surface area contributed by atoms with E-state index in [2.05, 4.69) is 14.9 Å². The van der Waals surface area contributed by atoms with Crippen LogP contribution in [-0.2, 0) is 22.0 Å². The molecule has 0 atom stereocenters. The largest absolute Gasteiger partial charge is 0.311 e. The van der Waals surface area contributed by atoms with E-state index in [1.165, 1.54) is 24.3 Å². The van der Waals surface area contributed by atoms with E-state index in [0.29, 0.717) is 12.4 Å². The standard InChI is InChI=1S/C21H24ClFN4O2S/c1-6-27-13(2)24-25-20(27)18-17(12-11-16(22)19(18)23)26-30(28,29)15-9-7-14(8-10-15)21(3,4)5/h7-12,26H,6H2,1-5H3. The highest BCUT2D eigenvalue weighted by molar-refractivity contribution is 7.92. The molecule has 0 amide bonds. The first-order valence-electron chi connectivity index (χ1n) is 9.47. The van der Waals surface area contributed by atoms with E-state index in [4.69, 9.17) is 11.6 Å². The number of nitrogens with zero attached hydrogens (tertiary/aromatic N) is 3. The number of rotatable bonds is 5. The lowest BCUT2D eigenvalue weighted by molar-refractivity contribution is 0.587. The summed E-state index contributed by atoms with van der Waals surface area (Å²) in [5, 5.41) is 7.90. The van der Waals surface area contributed by atoms with Gasteiger partial charge >= 0.3 is 0 Å². The normalized spacial score (nSPS) is 12.2. The van der Waals surface area contributed by atoms with Crippen LogP contribution in [0.3, 0.4) is 0 Å². The monoisotopic (exact) mass is 450 g/mol. The number of aromatic nitrogens is 3. The minimum atomic E-state index is -3.97. The summed E-state index contributed by atoms with van der Waals surface area (Å²) in [6, 6.07) is 9.34. The number of benzene rings is 2. The molecule has 3 aromatic rings. The van der Waals surface area contributed by atoms with E-state index >= 15 is 0 Å². The van der Waals surface area contributed by atoms with Gasteiger partial charge in [-0.25, -0.2) is 12.8 Å². The molecular formula is C21H24ClFN4O2S. The van der Waals surface area contributed by atoms with Gasteiger partial charge in [0.2, 0.25) is 0 Å². The van der Waals surface area contributed by atoms with Gasteiger partial charge in [-0.05, 0) is 49.1 Å². The predicted molar refractivity (Wildman–Crippen MR) is 117 cm³/mol. The summed E-state index contributed by atoms with van der Waals surface area (Å²) in [6.07, 6.45) is 0. The molecule has 0 bridgehead atoms. The van der Waals surface area contributed by atoms with Crippen LogP contribution in [0.25, 0.3) is 11.4 Å². The zero-order valence-electron chi connectivity index (χ0n) is 17.5. The van der Waals surface area contributed by atoms with Crippen LogP contribution >= 0.6 is 11.6 Å². The van der Waals surface area contributed by atoms with Crippen molar-refractivity contribution in [3.63, 3.8) is 0 Å². The molecule has 1 aromatic heterocycles. The third-order valence-corrected chi connectivity index (χ3v) is 6.52. The highest BCUT2D eigenvalue weighted by Gasteiger charge is 2.24. The molecule has 160 valence electrons. The third-order valence-electron chi connectivity index (χ3n) is 4.85. The lowest BCUT2D eigenvalue weighted by atomic mass is 9.87. The Labute approximate surface area is 181 Å². The van der Waals surface area contributed by atoms with Crippen molar-refractivity contribution in [2.24, 2.45) is 0 Å². The molecule has 2 aromatic carbocycles. The smallest absolute Gasteiger partial charge is 0.261 e. The van der Waals surface area contributed by atoms with Crippen molar-refractivity contribution < 1.29 is 12.8 Å². The van der Waals surface area contributed by atoms with Crippen molar-refractivity contribution in [2.45, 2.75) is 51.5 Å². The zero-order valence-corrected chi connectivity index (χ0v) is 19.1. The van der Waals surface area contributed by atoms with Gasteiger partial charge in [-0.15, -0.1) is 10.2 Å². The van der Waals surface area contributed by atoms with Crippen molar-refractivity contribution in [3.05, 3.63) is 58.6 Å². The molecule has 0 saturated carbocycles. The fourth-order valence-corrected chi connectivity index (χ4v) is 4.37. The summed E-state index contributed by atoms with van der Waals surface area (Å²) >= 11 is 5.98. The first-order chi connectivity index (χ1) is 14.0. The second kappa shape index (κ2) is 8.00. The lowest BCUT2D eigenvalue weighted by Crippen LogP contribution is -2.16. The van der Waals surface area contributed by atoms with Crippen LogP contribution in [0.1, 0.15) is 39.1 Å². The molecule has 9 heteroatoms. The van der Waals surface area contributed by atoms with E-state index in [9.17, 15) is 12.8 Å². The van der Waals surface area contributed by atoms with Gasteiger partial charge in [0.15, 0.2) is 11.6 Å². The van der Waals surface area contributed by atoms with Gasteiger partial charge < -0.3 is 4.57 Å². The van der Waals surface area contributed by atoms with Crippen LogP contribution in [0.2, 0.25) is 5.02 Å². The molecular weight excluding hydrogens is 427 g/mol. The summed E-state index contributed by atoms with van der Waals surface area (Å²) in [5.74, 6) is 0.0243. The summed E-state index contributed by atoms with van der Waals surface area (Å²) in [7, 11) is -3.97. The Bertz CT molecular complexity index is 1180. The van der Waals surface area contributed by atoms with Crippen molar-refractivity contribution in [2.75, 3.05) is 4.72 Å². The van der Waals surface area contributed by atoms with E-state index in [1.807, 2.05) is 27.7 Å². The molecule has 3 rings (SSSR count). The molecule has 0 saturated heterocycles. The lowest BCUT2D eigenvalue weighted by Gasteiger charge is -2.19. The Hall–Kier alpha value is -2.45. The summed E-state index contributed by atoms with van der Waals surface area (Å²) in [4.78, 5) is 0.0740. The topological polar surface area (TPSA) is 76.9 Å². The maximum absolute atomic E-state index is 15.0. The summed E-state index contributed by atoms with van der Waals surface area (Å²) < 4.78 is 45.1. The number of halogens is 2. The molecule has 1 N–H and O–H groups in total. The molecule has 0 aliphatic carbocycles. The Balaban J connectivity index is 2.08. The number of aryl methyl sites for hydroxylation is 1. The van der Waals surface area contributed by atoms with Gasteiger partial charge in [0.1, 0.15) is 5.82 Å². The van der Waals surface area contributed by atoms with Crippen molar-refractivity contribution >= 4 is 27.3 Å².